The molecule has 0 aromatic carbocycles. The number of amides is 1. The van der Waals surface area contributed by atoms with Crippen molar-refractivity contribution in [1.82, 2.24) is 5.32 Å². The minimum Gasteiger partial charge on any atom is -0.743 e. The van der Waals surface area contributed by atoms with Gasteiger partial charge in [0.15, 0.2) is 10.1 Å². The van der Waals surface area contributed by atoms with Gasteiger partial charge in [-0.2, -0.15) is 8.78 Å². The van der Waals surface area contributed by atoms with Crippen molar-refractivity contribution in [2.24, 2.45) is 5.92 Å². The lowest BCUT2D eigenvalue weighted by Crippen LogP contribution is -2.47. The molecule has 1 aliphatic carbocycles. The molecular formula is C9H14F2NO4S-. The van der Waals surface area contributed by atoms with Crippen molar-refractivity contribution >= 4 is 16.0 Å². The topological polar surface area (TPSA) is 86.3 Å². The van der Waals surface area contributed by atoms with Gasteiger partial charge in [0.1, 0.15) is 0 Å². The summed E-state index contributed by atoms with van der Waals surface area (Å²) in [4.78, 5) is 10.9. The second-order valence-electron chi connectivity index (χ2n) is 4.18. The summed E-state index contributed by atoms with van der Waals surface area (Å²) in [7, 11) is -5.95. The van der Waals surface area contributed by atoms with E-state index in [2.05, 4.69) is 0 Å². The fraction of sp³-hybridized carbons (Fsp3) is 0.889. The maximum Gasteiger partial charge on any atom is 0.410 e. The van der Waals surface area contributed by atoms with Crippen molar-refractivity contribution in [3.8, 4) is 0 Å². The van der Waals surface area contributed by atoms with Crippen molar-refractivity contribution in [3.05, 3.63) is 0 Å². The molecule has 0 aliphatic heterocycles. The van der Waals surface area contributed by atoms with Crippen LogP contribution in [-0.4, -0.2) is 30.7 Å². The lowest BCUT2D eigenvalue weighted by molar-refractivity contribution is -0.136. The molecule has 0 saturated heterocycles. The number of alkyl halides is 2. The van der Waals surface area contributed by atoms with Crippen LogP contribution in [0.4, 0.5) is 8.78 Å². The van der Waals surface area contributed by atoms with Crippen LogP contribution in [0, 0.1) is 5.92 Å². The largest absolute Gasteiger partial charge is 0.743 e. The smallest absolute Gasteiger partial charge is 0.410 e. The van der Waals surface area contributed by atoms with E-state index < -0.39 is 21.3 Å². The summed E-state index contributed by atoms with van der Waals surface area (Å²) in [6, 6.07) is 0. The molecular weight excluding hydrogens is 256 g/mol. The van der Waals surface area contributed by atoms with Gasteiger partial charge in [-0.15, -0.1) is 0 Å². The first-order valence-corrected chi connectivity index (χ1v) is 6.77. The first-order valence-electron chi connectivity index (χ1n) is 5.36. The van der Waals surface area contributed by atoms with Gasteiger partial charge in [0, 0.05) is 6.54 Å². The van der Waals surface area contributed by atoms with Crippen LogP contribution < -0.4 is 5.32 Å². The Labute approximate surface area is 98.3 Å². The standard InChI is InChI=1S/C9H15F2NO4S/c10-9(11,17(14,15)16)8(13)12-6-7-4-2-1-3-5-7/h7H,1-6H2,(H,12,13)(H,14,15,16)/p-1. The number of halogens is 2. The van der Waals surface area contributed by atoms with Crippen molar-refractivity contribution in [1.29, 1.82) is 0 Å². The summed E-state index contributed by atoms with van der Waals surface area (Å²) in [5.74, 6) is -1.95. The molecule has 1 aliphatic rings. The average Bonchev–Trinajstić information content (AvgIpc) is 2.25. The summed E-state index contributed by atoms with van der Waals surface area (Å²) < 4.78 is 56.1. The Kier molecular flexibility index (Phi) is 4.42. The third-order valence-electron chi connectivity index (χ3n) is 2.85. The molecule has 0 heterocycles. The van der Waals surface area contributed by atoms with Gasteiger partial charge in [-0.1, -0.05) is 19.3 Å². The molecule has 1 saturated carbocycles. The number of carbonyl (C=O) groups excluding carboxylic acids is 1. The van der Waals surface area contributed by atoms with Crippen LogP contribution >= 0.6 is 0 Å². The Morgan fingerprint density at radius 2 is 1.82 bits per heavy atom. The van der Waals surface area contributed by atoms with Gasteiger partial charge in [0.25, 0.3) is 0 Å². The van der Waals surface area contributed by atoms with Gasteiger partial charge in [-0.25, -0.2) is 8.42 Å². The Morgan fingerprint density at radius 1 is 1.29 bits per heavy atom. The van der Waals surface area contributed by atoms with Gasteiger partial charge < -0.3 is 9.87 Å². The van der Waals surface area contributed by atoms with Crippen LogP contribution in [0.5, 0.6) is 0 Å². The zero-order valence-corrected chi connectivity index (χ0v) is 9.93. The number of hydrogen-bond donors (Lipinski definition) is 1. The van der Waals surface area contributed by atoms with E-state index in [0.29, 0.717) is 0 Å². The zero-order valence-electron chi connectivity index (χ0n) is 9.12. The predicted molar refractivity (Wildman–Crippen MR) is 54.2 cm³/mol. The number of hydrogen-bond acceptors (Lipinski definition) is 4. The number of rotatable bonds is 4. The van der Waals surface area contributed by atoms with Gasteiger partial charge in [-0.05, 0) is 18.8 Å². The highest BCUT2D eigenvalue weighted by Gasteiger charge is 2.46. The first-order chi connectivity index (χ1) is 7.75. The van der Waals surface area contributed by atoms with E-state index in [-0.39, 0.29) is 12.5 Å². The SMILES string of the molecule is O=C(NCC1CCCCC1)C(F)(F)S(=O)(=O)[O-]. The van der Waals surface area contributed by atoms with Crippen LogP contribution in [0.1, 0.15) is 32.1 Å². The van der Waals surface area contributed by atoms with E-state index >= 15 is 0 Å². The molecule has 0 spiro atoms. The molecule has 1 amide bonds. The van der Waals surface area contributed by atoms with Crippen molar-refractivity contribution in [2.45, 2.75) is 37.4 Å². The normalized spacial score (nSPS) is 19.0. The van der Waals surface area contributed by atoms with E-state index in [1.807, 2.05) is 5.32 Å². The minimum absolute atomic E-state index is 0.00998. The molecule has 0 atom stereocenters. The van der Waals surface area contributed by atoms with Crippen LogP contribution in [0.25, 0.3) is 0 Å². The molecule has 0 bridgehead atoms. The van der Waals surface area contributed by atoms with Gasteiger partial charge >= 0.3 is 11.2 Å². The molecule has 0 unspecified atom stereocenters. The summed E-state index contributed by atoms with van der Waals surface area (Å²) >= 11 is 0. The van der Waals surface area contributed by atoms with E-state index in [1.165, 1.54) is 0 Å². The summed E-state index contributed by atoms with van der Waals surface area (Å²) in [5, 5.41) is -3.06. The minimum atomic E-state index is -5.95. The lowest BCUT2D eigenvalue weighted by atomic mass is 9.89. The summed E-state index contributed by atoms with van der Waals surface area (Å²) in [6.45, 7) is -0.00998. The van der Waals surface area contributed by atoms with Gasteiger partial charge in [-0.3, -0.25) is 4.79 Å². The molecule has 1 fully saturated rings. The number of carbonyl (C=O) groups is 1. The summed E-state index contributed by atoms with van der Waals surface area (Å²) in [6.07, 6.45) is 4.65. The third kappa shape index (κ3) is 3.60. The highest BCUT2D eigenvalue weighted by molar-refractivity contribution is 7.87. The van der Waals surface area contributed by atoms with Crippen LogP contribution in [0.3, 0.4) is 0 Å². The maximum atomic E-state index is 12.8. The Hall–Kier alpha value is -0.760. The number of nitrogens with one attached hydrogen (secondary N) is 1. The average molecular weight is 270 g/mol. The highest BCUT2D eigenvalue weighted by Crippen LogP contribution is 2.24. The molecule has 0 radical (unpaired) electrons. The zero-order chi connectivity index (χ0) is 13.1. The van der Waals surface area contributed by atoms with Crippen molar-refractivity contribution < 1.29 is 26.5 Å². The molecule has 8 heteroatoms. The second-order valence-corrected chi connectivity index (χ2v) is 5.61. The van der Waals surface area contributed by atoms with E-state index in [0.717, 1.165) is 32.1 Å². The molecule has 100 valence electrons. The Morgan fingerprint density at radius 3 is 2.29 bits per heavy atom. The third-order valence-corrected chi connectivity index (χ3v) is 3.67. The molecule has 5 nitrogen and oxygen atoms in total. The predicted octanol–water partition coefficient (Wildman–Crippen LogP) is 0.821. The molecule has 0 aromatic rings. The van der Waals surface area contributed by atoms with E-state index in [4.69, 9.17) is 0 Å². The van der Waals surface area contributed by atoms with Gasteiger partial charge in [0.2, 0.25) is 0 Å². The fourth-order valence-corrected chi connectivity index (χ4v) is 2.14. The van der Waals surface area contributed by atoms with Crippen LogP contribution in [0.15, 0.2) is 0 Å². The Bertz CT molecular complexity index is 376. The van der Waals surface area contributed by atoms with Gasteiger partial charge in [0.05, 0.1) is 0 Å². The quantitative estimate of drug-likeness (QED) is 0.766. The van der Waals surface area contributed by atoms with Crippen LogP contribution in [0.2, 0.25) is 0 Å². The maximum absolute atomic E-state index is 12.8. The molecule has 17 heavy (non-hydrogen) atoms. The fourth-order valence-electron chi connectivity index (χ4n) is 1.84. The van der Waals surface area contributed by atoms with Crippen LogP contribution in [-0.2, 0) is 14.9 Å². The molecule has 0 aromatic heterocycles. The molecule has 1 rings (SSSR count). The lowest BCUT2D eigenvalue weighted by Gasteiger charge is -2.24. The van der Waals surface area contributed by atoms with Crippen molar-refractivity contribution in [3.63, 3.8) is 0 Å². The Balaban J connectivity index is 2.49. The van der Waals surface area contributed by atoms with E-state index in [9.17, 15) is 26.5 Å². The second kappa shape index (κ2) is 5.26. The first kappa shape index (κ1) is 14.3. The monoisotopic (exact) mass is 270 g/mol. The van der Waals surface area contributed by atoms with Crippen molar-refractivity contribution in [2.75, 3.05) is 6.54 Å². The summed E-state index contributed by atoms with van der Waals surface area (Å²) in [5.41, 5.74) is 0. The van der Waals surface area contributed by atoms with E-state index in [1.54, 1.807) is 0 Å². The highest BCUT2D eigenvalue weighted by atomic mass is 32.2. The molecule has 1 N–H and O–H groups in total.